The summed E-state index contributed by atoms with van der Waals surface area (Å²) in [6.45, 7) is 2.16. The minimum atomic E-state index is -0.113. The Labute approximate surface area is 124 Å². The van der Waals surface area contributed by atoms with Gasteiger partial charge in [-0.05, 0) is 6.07 Å². The first-order valence-corrected chi connectivity index (χ1v) is 6.94. The summed E-state index contributed by atoms with van der Waals surface area (Å²) in [5.41, 5.74) is 1.43. The molecule has 1 aromatic rings. The van der Waals surface area contributed by atoms with E-state index < -0.39 is 0 Å². The van der Waals surface area contributed by atoms with Gasteiger partial charge < -0.3 is 25.0 Å². The summed E-state index contributed by atoms with van der Waals surface area (Å²) in [6.07, 6.45) is 1.86. The molecule has 1 atom stereocenters. The largest absolute Gasteiger partial charge is 0.479 e. The number of morpholine rings is 1. The van der Waals surface area contributed by atoms with Gasteiger partial charge in [0.05, 0.1) is 31.9 Å². The summed E-state index contributed by atoms with van der Waals surface area (Å²) >= 11 is 0. The van der Waals surface area contributed by atoms with Gasteiger partial charge in [-0.3, -0.25) is 4.79 Å². The van der Waals surface area contributed by atoms with Gasteiger partial charge in [0.15, 0.2) is 0 Å². The first-order chi connectivity index (χ1) is 10.1. The van der Waals surface area contributed by atoms with Gasteiger partial charge in [0.1, 0.15) is 5.69 Å². The van der Waals surface area contributed by atoms with Crippen LogP contribution in [0.15, 0.2) is 12.3 Å². The van der Waals surface area contributed by atoms with Crippen LogP contribution in [-0.4, -0.2) is 57.9 Å². The number of nitrogens with zero attached hydrogens (tertiary/aromatic N) is 2. The zero-order valence-corrected chi connectivity index (χ0v) is 12.7. The summed E-state index contributed by atoms with van der Waals surface area (Å²) in [5.74, 6) is 0.287. The SMILES string of the molecule is COc1nccc(N(C)C)c1NC(=O)CC1CNCCO1. The molecule has 0 saturated carbocycles. The number of methoxy groups -OCH3 is 1. The fourth-order valence-corrected chi connectivity index (χ4v) is 2.23. The number of rotatable bonds is 5. The molecule has 1 aliphatic rings. The van der Waals surface area contributed by atoms with Crippen molar-refractivity contribution in [1.82, 2.24) is 10.3 Å². The molecule has 1 saturated heterocycles. The molecule has 1 aliphatic heterocycles. The predicted octanol–water partition coefficient (Wildman–Crippen LogP) is 0.473. The number of ether oxygens (including phenoxy) is 2. The van der Waals surface area contributed by atoms with Crippen molar-refractivity contribution in [3.63, 3.8) is 0 Å². The van der Waals surface area contributed by atoms with E-state index >= 15 is 0 Å². The van der Waals surface area contributed by atoms with Crippen LogP contribution in [0, 0.1) is 0 Å². The third kappa shape index (κ3) is 4.05. The topological polar surface area (TPSA) is 75.7 Å². The molecule has 7 nitrogen and oxygen atoms in total. The van der Waals surface area contributed by atoms with E-state index in [1.807, 2.05) is 25.1 Å². The number of hydrogen-bond donors (Lipinski definition) is 2. The summed E-state index contributed by atoms with van der Waals surface area (Å²) < 4.78 is 10.8. The van der Waals surface area contributed by atoms with Crippen molar-refractivity contribution in [3.05, 3.63) is 12.3 Å². The maximum Gasteiger partial charge on any atom is 0.239 e. The van der Waals surface area contributed by atoms with Crippen LogP contribution in [0.1, 0.15) is 6.42 Å². The summed E-state index contributed by atoms with van der Waals surface area (Å²) in [4.78, 5) is 18.2. The first kappa shape index (κ1) is 15.5. The average Bonchev–Trinajstić information content (AvgIpc) is 2.48. The molecular weight excluding hydrogens is 272 g/mol. The molecule has 1 fully saturated rings. The van der Waals surface area contributed by atoms with Crippen molar-refractivity contribution in [1.29, 1.82) is 0 Å². The van der Waals surface area contributed by atoms with E-state index in [-0.39, 0.29) is 12.0 Å². The highest BCUT2D eigenvalue weighted by Gasteiger charge is 2.20. The maximum atomic E-state index is 12.2. The van der Waals surface area contributed by atoms with E-state index in [1.165, 1.54) is 7.11 Å². The Hall–Kier alpha value is -1.86. The van der Waals surface area contributed by atoms with Gasteiger partial charge in [0.2, 0.25) is 11.8 Å². The zero-order chi connectivity index (χ0) is 15.2. The molecule has 1 aromatic heterocycles. The van der Waals surface area contributed by atoms with Crippen LogP contribution in [0.25, 0.3) is 0 Å². The van der Waals surface area contributed by atoms with Gasteiger partial charge >= 0.3 is 0 Å². The van der Waals surface area contributed by atoms with E-state index in [1.54, 1.807) is 6.20 Å². The van der Waals surface area contributed by atoms with Crippen LogP contribution in [0.5, 0.6) is 5.88 Å². The van der Waals surface area contributed by atoms with Crippen LogP contribution in [0.4, 0.5) is 11.4 Å². The Morgan fingerprint density at radius 2 is 2.43 bits per heavy atom. The Morgan fingerprint density at radius 1 is 1.62 bits per heavy atom. The normalized spacial score (nSPS) is 18.1. The molecule has 2 rings (SSSR count). The molecular formula is C14H22N4O3. The lowest BCUT2D eigenvalue weighted by Gasteiger charge is -2.24. The van der Waals surface area contributed by atoms with Crippen LogP contribution >= 0.6 is 0 Å². The summed E-state index contributed by atoms with van der Waals surface area (Å²) in [6, 6.07) is 1.83. The van der Waals surface area contributed by atoms with Crippen LogP contribution in [0.2, 0.25) is 0 Å². The molecule has 0 bridgehead atoms. The minimum absolute atomic E-state index is 0.0933. The lowest BCUT2D eigenvalue weighted by molar-refractivity contribution is -0.119. The second kappa shape index (κ2) is 7.24. The van der Waals surface area contributed by atoms with Crippen molar-refractivity contribution in [2.24, 2.45) is 0 Å². The lowest BCUT2D eigenvalue weighted by atomic mass is 10.2. The molecule has 1 amide bonds. The number of hydrogen-bond acceptors (Lipinski definition) is 6. The first-order valence-electron chi connectivity index (χ1n) is 6.94. The van der Waals surface area contributed by atoms with Gasteiger partial charge in [-0.1, -0.05) is 0 Å². The van der Waals surface area contributed by atoms with E-state index in [2.05, 4.69) is 15.6 Å². The van der Waals surface area contributed by atoms with E-state index in [0.717, 1.165) is 12.2 Å². The number of amides is 1. The van der Waals surface area contributed by atoms with Crippen molar-refractivity contribution < 1.29 is 14.3 Å². The molecule has 1 unspecified atom stereocenters. The molecule has 116 valence electrons. The number of pyridine rings is 1. The van der Waals surface area contributed by atoms with Gasteiger partial charge in [0.25, 0.3) is 0 Å². The number of anilines is 2. The number of nitrogens with one attached hydrogen (secondary N) is 2. The van der Waals surface area contributed by atoms with Gasteiger partial charge in [-0.25, -0.2) is 4.98 Å². The van der Waals surface area contributed by atoms with E-state index in [9.17, 15) is 4.79 Å². The smallest absolute Gasteiger partial charge is 0.239 e. The molecule has 2 heterocycles. The molecule has 0 radical (unpaired) electrons. The third-order valence-corrected chi connectivity index (χ3v) is 3.25. The zero-order valence-electron chi connectivity index (χ0n) is 12.7. The van der Waals surface area contributed by atoms with Gasteiger partial charge in [0, 0.05) is 33.4 Å². The van der Waals surface area contributed by atoms with Crippen molar-refractivity contribution in [3.8, 4) is 5.88 Å². The van der Waals surface area contributed by atoms with Gasteiger partial charge in [-0.2, -0.15) is 0 Å². The number of carbonyl (C=O) groups is 1. The van der Waals surface area contributed by atoms with E-state index in [0.29, 0.717) is 31.1 Å². The second-order valence-corrected chi connectivity index (χ2v) is 5.06. The maximum absolute atomic E-state index is 12.2. The second-order valence-electron chi connectivity index (χ2n) is 5.06. The summed E-state index contributed by atoms with van der Waals surface area (Å²) in [7, 11) is 5.34. The highest BCUT2D eigenvalue weighted by molar-refractivity contribution is 5.96. The van der Waals surface area contributed by atoms with Crippen molar-refractivity contribution >= 4 is 17.3 Å². The lowest BCUT2D eigenvalue weighted by Crippen LogP contribution is -2.40. The van der Waals surface area contributed by atoms with Crippen LogP contribution < -0.4 is 20.3 Å². The molecule has 2 N–H and O–H groups in total. The Morgan fingerprint density at radius 3 is 3.05 bits per heavy atom. The molecule has 0 spiro atoms. The fourth-order valence-electron chi connectivity index (χ4n) is 2.23. The Bertz CT molecular complexity index is 487. The molecule has 0 aromatic carbocycles. The number of aromatic nitrogens is 1. The van der Waals surface area contributed by atoms with Crippen LogP contribution in [0.3, 0.4) is 0 Å². The monoisotopic (exact) mass is 294 g/mol. The van der Waals surface area contributed by atoms with Crippen molar-refractivity contribution in [2.45, 2.75) is 12.5 Å². The van der Waals surface area contributed by atoms with Crippen LogP contribution in [-0.2, 0) is 9.53 Å². The highest BCUT2D eigenvalue weighted by Crippen LogP contribution is 2.32. The quantitative estimate of drug-likeness (QED) is 0.822. The number of carbonyl (C=O) groups excluding carboxylic acids is 1. The van der Waals surface area contributed by atoms with E-state index in [4.69, 9.17) is 9.47 Å². The standard InChI is InChI=1S/C14H22N4O3/c1-18(2)11-4-5-16-14(20-3)13(11)17-12(19)8-10-9-15-6-7-21-10/h4-5,10,15H,6-9H2,1-3H3,(H,17,19). The average molecular weight is 294 g/mol. The Balaban J connectivity index is 2.08. The minimum Gasteiger partial charge on any atom is -0.479 e. The Kier molecular flexibility index (Phi) is 5.35. The fraction of sp³-hybridized carbons (Fsp3) is 0.571. The third-order valence-electron chi connectivity index (χ3n) is 3.25. The molecule has 0 aliphatic carbocycles. The molecule has 7 heteroatoms. The van der Waals surface area contributed by atoms with Crippen molar-refractivity contribution in [2.75, 3.05) is 51.1 Å². The van der Waals surface area contributed by atoms with Gasteiger partial charge in [-0.15, -0.1) is 0 Å². The highest BCUT2D eigenvalue weighted by atomic mass is 16.5. The predicted molar refractivity (Wildman–Crippen MR) is 81.0 cm³/mol. The summed E-state index contributed by atoms with van der Waals surface area (Å²) in [5, 5.41) is 6.09. The molecule has 21 heavy (non-hydrogen) atoms.